The van der Waals surface area contributed by atoms with Crippen molar-refractivity contribution in [2.75, 3.05) is 0 Å². The summed E-state index contributed by atoms with van der Waals surface area (Å²) in [6.45, 7) is 4.17. The van der Waals surface area contributed by atoms with Gasteiger partial charge in [0.15, 0.2) is 0 Å². The van der Waals surface area contributed by atoms with E-state index in [4.69, 9.17) is 16.7 Å². The lowest BCUT2D eigenvalue weighted by atomic mass is 9.90. The van der Waals surface area contributed by atoms with Gasteiger partial charge in [0.05, 0.1) is 5.92 Å². The van der Waals surface area contributed by atoms with Gasteiger partial charge in [-0.15, -0.1) is 0 Å². The number of hydrogen-bond donors (Lipinski definition) is 1. The topological polar surface area (TPSA) is 37.3 Å². The zero-order valence-electron chi connectivity index (χ0n) is 10.8. The number of benzene rings is 1. The second-order valence-corrected chi connectivity index (χ2v) is 5.70. The third kappa shape index (κ3) is 2.86. The van der Waals surface area contributed by atoms with Crippen LogP contribution >= 0.6 is 11.6 Å². The van der Waals surface area contributed by atoms with Crippen molar-refractivity contribution in [2.24, 2.45) is 11.8 Å². The Morgan fingerprint density at radius 2 is 2.28 bits per heavy atom. The highest BCUT2D eigenvalue weighted by Crippen LogP contribution is 2.46. The first-order valence-corrected chi connectivity index (χ1v) is 6.89. The summed E-state index contributed by atoms with van der Waals surface area (Å²) in [5.74, 6) is 0.0772. The predicted molar refractivity (Wildman–Crippen MR) is 73.1 cm³/mol. The van der Waals surface area contributed by atoms with Gasteiger partial charge in [0.2, 0.25) is 0 Å². The average molecular weight is 267 g/mol. The van der Waals surface area contributed by atoms with Crippen LogP contribution in [0.3, 0.4) is 0 Å². The van der Waals surface area contributed by atoms with E-state index < -0.39 is 5.97 Å². The third-order valence-corrected chi connectivity index (χ3v) is 4.40. The van der Waals surface area contributed by atoms with Crippen molar-refractivity contribution in [3.63, 3.8) is 0 Å². The normalized spacial score (nSPS) is 23.7. The van der Waals surface area contributed by atoms with Gasteiger partial charge in [-0.05, 0) is 55.2 Å². The molecular formula is C15H19ClO2. The molecule has 2 rings (SSSR count). The van der Waals surface area contributed by atoms with Gasteiger partial charge in [-0.2, -0.15) is 0 Å². The van der Waals surface area contributed by atoms with Gasteiger partial charge in [0, 0.05) is 5.02 Å². The summed E-state index contributed by atoms with van der Waals surface area (Å²) in [4.78, 5) is 10.9. The first kappa shape index (κ1) is 13.4. The molecule has 1 aromatic carbocycles. The zero-order valence-corrected chi connectivity index (χ0v) is 11.6. The lowest BCUT2D eigenvalue weighted by Gasteiger charge is -2.16. The van der Waals surface area contributed by atoms with E-state index in [-0.39, 0.29) is 5.92 Å². The highest BCUT2D eigenvalue weighted by atomic mass is 35.5. The largest absolute Gasteiger partial charge is 0.481 e. The monoisotopic (exact) mass is 266 g/mol. The van der Waals surface area contributed by atoms with E-state index in [2.05, 4.69) is 19.1 Å². The van der Waals surface area contributed by atoms with E-state index in [1.807, 2.05) is 13.0 Å². The van der Waals surface area contributed by atoms with Crippen LogP contribution in [0.2, 0.25) is 5.02 Å². The summed E-state index contributed by atoms with van der Waals surface area (Å²) in [6.07, 6.45) is 2.87. The summed E-state index contributed by atoms with van der Waals surface area (Å²) in [7, 11) is 0. The molecule has 0 radical (unpaired) electrons. The van der Waals surface area contributed by atoms with Gasteiger partial charge in [-0.1, -0.05) is 30.7 Å². The van der Waals surface area contributed by atoms with Crippen LogP contribution in [0.1, 0.15) is 43.2 Å². The highest BCUT2D eigenvalue weighted by Gasteiger charge is 2.43. The number of aliphatic carboxylic acids is 1. The molecule has 0 bridgehead atoms. The maximum Gasteiger partial charge on any atom is 0.306 e. The maximum atomic E-state index is 10.9. The van der Waals surface area contributed by atoms with Crippen molar-refractivity contribution in [2.45, 2.75) is 39.0 Å². The molecule has 0 amide bonds. The Hall–Kier alpha value is -1.02. The summed E-state index contributed by atoms with van der Waals surface area (Å²) < 4.78 is 0. The molecular weight excluding hydrogens is 248 g/mol. The number of halogens is 1. The lowest BCUT2D eigenvalue weighted by molar-refractivity contribution is -0.138. The molecule has 0 aliphatic heterocycles. The Bertz CT molecular complexity index is 456. The second kappa shape index (κ2) is 5.31. The van der Waals surface area contributed by atoms with Gasteiger partial charge in [0.25, 0.3) is 0 Å². The zero-order chi connectivity index (χ0) is 13.3. The van der Waals surface area contributed by atoms with Crippen LogP contribution in [-0.2, 0) is 4.79 Å². The fourth-order valence-corrected chi connectivity index (χ4v) is 2.75. The van der Waals surface area contributed by atoms with Crippen LogP contribution in [-0.4, -0.2) is 11.1 Å². The van der Waals surface area contributed by atoms with Crippen LogP contribution < -0.4 is 0 Å². The Kier molecular flexibility index (Phi) is 3.96. The van der Waals surface area contributed by atoms with E-state index >= 15 is 0 Å². The van der Waals surface area contributed by atoms with Gasteiger partial charge in [-0.25, -0.2) is 0 Å². The summed E-state index contributed by atoms with van der Waals surface area (Å²) in [5.41, 5.74) is 2.38. The van der Waals surface area contributed by atoms with E-state index in [1.165, 1.54) is 5.56 Å². The number of carboxylic acids is 1. The van der Waals surface area contributed by atoms with Crippen LogP contribution in [0.4, 0.5) is 0 Å². The highest BCUT2D eigenvalue weighted by molar-refractivity contribution is 6.31. The molecule has 1 aliphatic carbocycles. The quantitative estimate of drug-likeness (QED) is 0.865. The second-order valence-electron chi connectivity index (χ2n) is 5.29. The number of aryl methyl sites for hydroxylation is 1. The van der Waals surface area contributed by atoms with E-state index in [1.54, 1.807) is 0 Å². The first-order chi connectivity index (χ1) is 8.52. The Balaban J connectivity index is 2.05. The average Bonchev–Trinajstić information content (AvgIpc) is 3.09. The standard InChI is InChI=1S/C15H19ClO2/c1-3-10(7-12-8-13(12)15(17)18)11-4-5-14(16)9(2)6-11/h4-6,10,12-13H,3,7-8H2,1-2H3,(H,17,18). The van der Waals surface area contributed by atoms with Crippen molar-refractivity contribution in [3.8, 4) is 0 Å². The number of carboxylic acid groups (broad SMARTS) is 1. The third-order valence-electron chi connectivity index (χ3n) is 3.97. The fourth-order valence-electron chi connectivity index (χ4n) is 2.64. The van der Waals surface area contributed by atoms with Gasteiger partial charge in [-0.3, -0.25) is 4.79 Å². The summed E-state index contributed by atoms with van der Waals surface area (Å²) >= 11 is 6.03. The smallest absolute Gasteiger partial charge is 0.306 e. The Morgan fingerprint density at radius 1 is 1.56 bits per heavy atom. The molecule has 18 heavy (non-hydrogen) atoms. The van der Waals surface area contributed by atoms with Crippen molar-refractivity contribution < 1.29 is 9.90 Å². The lowest BCUT2D eigenvalue weighted by Crippen LogP contribution is -2.04. The molecule has 1 aliphatic rings. The van der Waals surface area contributed by atoms with Crippen molar-refractivity contribution in [1.82, 2.24) is 0 Å². The maximum absolute atomic E-state index is 10.9. The molecule has 1 fully saturated rings. The van der Waals surface area contributed by atoms with Gasteiger partial charge < -0.3 is 5.11 Å². The molecule has 0 heterocycles. The minimum Gasteiger partial charge on any atom is -0.481 e. The Morgan fingerprint density at radius 3 is 2.78 bits per heavy atom. The first-order valence-electron chi connectivity index (χ1n) is 6.51. The van der Waals surface area contributed by atoms with Gasteiger partial charge >= 0.3 is 5.97 Å². The van der Waals surface area contributed by atoms with Crippen molar-refractivity contribution in [1.29, 1.82) is 0 Å². The summed E-state index contributed by atoms with van der Waals surface area (Å²) in [6, 6.07) is 6.15. The molecule has 1 N–H and O–H groups in total. The predicted octanol–water partition coefficient (Wildman–Crippen LogP) is 4.25. The molecule has 1 aromatic rings. The molecule has 0 saturated heterocycles. The van der Waals surface area contributed by atoms with Crippen LogP contribution in [0.5, 0.6) is 0 Å². The van der Waals surface area contributed by atoms with Crippen LogP contribution in [0.15, 0.2) is 18.2 Å². The molecule has 3 unspecified atom stereocenters. The van der Waals surface area contributed by atoms with Crippen molar-refractivity contribution in [3.05, 3.63) is 34.3 Å². The summed E-state index contributed by atoms with van der Waals surface area (Å²) in [5, 5.41) is 9.74. The molecule has 0 aromatic heterocycles. The SMILES string of the molecule is CCC(CC1CC1C(=O)O)c1ccc(Cl)c(C)c1. The molecule has 0 spiro atoms. The Labute approximate surface area is 113 Å². The van der Waals surface area contributed by atoms with E-state index in [9.17, 15) is 4.79 Å². The molecule has 3 atom stereocenters. The van der Waals surface area contributed by atoms with Crippen LogP contribution in [0, 0.1) is 18.8 Å². The minimum absolute atomic E-state index is 0.104. The van der Waals surface area contributed by atoms with Crippen LogP contribution in [0.25, 0.3) is 0 Å². The minimum atomic E-state index is -0.637. The van der Waals surface area contributed by atoms with E-state index in [0.717, 1.165) is 29.8 Å². The molecule has 98 valence electrons. The molecule has 2 nitrogen and oxygen atoms in total. The number of carbonyl (C=O) groups is 1. The number of hydrogen-bond acceptors (Lipinski definition) is 1. The molecule has 3 heteroatoms. The van der Waals surface area contributed by atoms with Gasteiger partial charge in [0.1, 0.15) is 0 Å². The molecule has 1 saturated carbocycles. The van der Waals surface area contributed by atoms with E-state index in [0.29, 0.717) is 11.8 Å². The van der Waals surface area contributed by atoms with Crippen molar-refractivity contribution >= 4 is 17.6 Å². The fraction of sp³-hybridized carbons (Fsp3) is 0.533. The number of rotatable bonds is 5.